The highest BCUT2D eigenvalue weighted by Crippen LogP contribution is 2.15. The number of aliphatic hydroxyl groups excluding tert-OH is 2. The van der Waals surface area contributed by atoms with Crippen molar-refractivity contribution in [2.75, 3.05) is 13.2 Å². The van der Waals surface area contributed by atoms with E-state index in [2.05, 4.69) is 43.5 Å². The van der Waals surface area contributed by atoms with Crippen molar-refractivity contribution < 1.29 is 24.5 Å². The van der Waals surface area contributed by atoms with E-state index in [1.54, 1.807) is 6.08 Å². The van der Waals surface area contributed by atoms with Crippen molar-refractivity contribution in [3.63, 3.8) is 0 Å². The fourth-order valence-corrected chi connectivity index (χ4v) is 7.30. The molecule has 0 radical (unpaired) electrons. The third kappa shape index (κ3) is 43.5. The fourth-order valence-electron chi connectivity index (χ4n) is 7.30. The van der Waals surface area contributed by atoms with Crippen LogP contribution in [0.3, 0.4) is 0 Å². The second-order valence-corrected chi connectivity index (χ2v) is 16.8. The minimum Gasteiger partial charge on any atom is -0.466 e. The van der Waals surface area contributed by atoms with Crippen LogP contribution in [0.25, 0.3) is 0 Å². The van der Waals surface area contributed by atoms with Gasteiger partial charge in [0.25, 0.3) is 0 Å². The van der Waals surface area contributed by atoms with Crippen molar-refractivity contribution in [1.82, 2.24) is 5.32 Å². The molecule has 3 N–H and O–H groups in total. The van der Waals surface area contributed by atoms with Crippen LogP contribution < -0.4 is 5.32 Å². The van der Waals surface area contributed by atoms with Gasteiger partial charge in [-0.25, -0.2) is 0 Å². The van der Waals surface area contributed by atoms with Gasteiger partial charge in [0, 0.05) is 12.8 Å². The standard InChI is InChI=1S/C51H95NO5/c1-3-5-7-9-11-13-15-17-21-25-29-33-37-41-45-51(56)57-46-42-38-34-30-26-22-19-18-20-24-28-32-36-40-44-50(55)52-48(47-53)49(54)43-39-35-31-27-23-16-14-12-10-8-6-4-2/h9,11,15,17,39,43,48-49,53-54H,3-8,10,12-14,16,18-38,40-42,44-47H2,1-2H3,(H,52,55)/b11-9-,17-15-,43-39+. The predicted octanol–water partition coefficient (Wildman–Crippen LogP) is 14.5. The SMILES string of the molecule is CCCC/C=C\C/C=C\CCCCCCCC(=O)OCCCCCCCCCCCCCCCCC(=O)NC(CO)C(O)/C=C/CCCCCCCCCCCC. The van der Waals surface area contributed by atoms with E-state index in [0.29, 0.717) is 19.4 Å². The minimum absolute atomic E-state index is 0.0189. The van der Waals surface area contributed by atoms with Crippen molar-refractivity contribution >= 4 is 11.9 Å². The highest BCUT2D eigenvalue weighted by molar-refractivity contribution is 5.76. The second kappa shape index (κ2) is 46.8. The number of unbranched alkanes of at least 4 members (excludes halogenated alkanes) is 30. The van der Waals surface area contributed by atoms with Crippen molar-refractivity contribution in [3.8, 4) is 0 Å². The van der Waals surface area contributed by atoms with Crippen molar-refractivity contribution in [1.29, 1.82) is 0 Å². The van der Waals surface area contributed by atoms with Crippen LogP contribution in [-0.2, 0) is 14.3 Å². The highest BCUT2D eigenvalue weighted by atomic mass is 16.5. The van der Waals surface area contributed by atoms with E-state index >= 15 is 0 Å². The first-order valence-electron chi connectivity index (χ1n) is 24.8. The summed E-state index contributed by atoms with van der Waals surface area (Å²) in [5, 5.41) is 23.0. The van der Waals surface area contributed by atoms with Gasteiger partial charge < -0.3 is 20.3 Å². The molecule has 0 rings (SSSR count). The molecule has 2 atom stereocenters. The van der Waals surface area contributed by atoms with Gasteiger partial charge in [-0.3, -0.25) is 9.59 Å². The minimum atomic E-state index is -0.851. The molecule has 1 amide bonds. The van der Waals surface area contributed by atoms with Crippen molar-refractivity contribution in [2.45, 2.75) is 264 Å². The normalized spacial score (nSPS) is 13.0. The zero-order valence-electron chi connectivity index (χ0n) is 37.8. The summed E-state index contributed by atoms with van der Waals surface area (Å²) in [6.45, 7) is 4.81. The molecule has 0 aliphatic heterocycles. The average Bonchev–Trinajstić information content (AvgIpc) is 3.21. The molecular weight excluding hydrogens is 707 g/mol. The van der Waals surface area contributed by atoms with Crippen molar-refractivity contribution in [2.24, 2.45) is 0 Å². The summed E-state index contributed by atoms with van der Waals surface area (Å²) in [6.07, 6.45) is 55.6. The molecule has 0 aliphatic carbocycles. The van der Waals surface area contributed by atoms with E-state index in [9.17, 15) is 19.8 Å². The van der Waals surface area contributed by atoms with Crippen LogP contribution in [-0.4, -0.2) is 47.4 Å². The van der Waals surface area contributed by atoms with E-state index < -0.39 is 12.1 Å². The monoisotopic (exact) mass is 802 g/mol. The van der Waals surface area contributed by atoms with E-state index in [4.69, 9.17) is 4.74 Å². The molecular formula is C51H95NO5. The topological polar surface area (TPSA) is 95.9 Å². The third-order valence-corrected chi connectivity index (χ3v) is 11.2. The zero-order chi connectivity index (χ0) is 41.5. The predicted molar refractivity (Wildman–Crippen MR) is 246 cm³/mol. The maximum Gasteiger partial charge on any atom is 0.305 e. The van der Waals surface area contributed by atoms with Gasteiger partial charge in [-0.05, 0) is 57.8 Å². The number of carbonyl (C=O) groups is 2. The Labute approximate surface area is 353 Å². The molecule has 57 heavy (non-hydrogen) atoms. The summed E-state index contributed by atoms with van der Waals surface area (Å²) in [5.41, 5.74) is 0. The lowest BCUT2D eigenvalue weighted by Gasteiger charge is -2.20. The van der Waals surface area contributed by atoms with Crippen LogP contribution >= 0.6 is 0 Å². The van der Waals surface area contributed by atoms with Crippen LogP contribution in [0.2, 0.25) is 0 Å². The Bertz CT molecular complexity index is 931. The molecule has 2 unspecified atom stereocenters. The molecule has 0 aliphatic rings. The number of carbonyl (C=O) groups excluding carboxylic acids is 2. The Morgan fingerprint density at radius 3 is 1.39 bits per heavy atom. The Kier molecular flexibility index (Phi) is 45.2. The molecule has 0 aromatic heterocycles. The first-order valence-corrected chi connectivity index (χ1v) is 24.8. The number of nitrogens with one attached hydrogen (secondary N) is 1. The number of hydrogen-bond acceptors (Lipinski definition) is 5. The number of aliphatic hydroxyl groups is 2. The molecule has 334 valence electrons. The van der Waals surface area contributed by atoms with Gasteiger partial charge in [-0.15, -0.1) is 0 Å². The summed E-state index contributed by atoms with van der Waals surface area (Å²) < 4.78 is 5.45. The summed E-state index contributed by atoms with van der Waals surface area (Å²) >= 11 is 0. The largest absolute Gasteiger partial charge is 0.466 e. The Hall–Kier alpha value is -1.92. The Morgan fingerprint density at radius 1 is 0.491 bits per heavy atom. The summed E-state index contributed by atoms with van der Waals surface area (Å²) in [6, 6.07) is -0.635. The lowest BCUT2D eigenvalue weighted by molar-refractivity contribution is -0.143. The number of amides is 1. The van der Waals surface area contributed by atoms with Gasteiger partial charge >= 0.3 is 5.97 Å². The van der Waals surface area contributed by atoms with Gasteiger partial charge in [0.05, 0.1) is 25.4 Å². The van der Waals surface area contributed by atoms with Crippen LogP contribution in [0, 0.1) is 0 Å². The fraction of sp³-hybridized carbons (Fsp3) is 0.843. The van der Waals surface area contributed by atoms with Gasteiger partial charge in [0.15, 0.2) is 0 Å². The number of ether oxygens (including phenoxy) is 1. The van der Waals surface area contributed by atoms with E-state index in [0.717, 1.165) is 64.2 Å². The molecule has 6 nitrogen and oxygen atoms in total. The summed E-state index contributed by atoms with van der Waals surface area (Å²) in [7, 11) is 0. The molecule has 0 aromatic carbocycles. The Balaban J connectivity index is 3.48. The Morgan fingerprint density at radius 2 is 0.895 bits per heavy atom. The molecule has 0 heterocycles. The van der Waals surface area contributed by atoms with Crippen LogP contribution in [0.4, 0.5) is 0 Å². The van der Waals surface area contributed by atoms with E-state index in [1.165, 1.54) is 161 Å². The molecule has 6 heteroatoms. The number of esters is 1. The lowest BCUT2D eigenvalue weighted by atomic mass is 10.0. The maximum atomic E-state index is 12.4. The van der Waals surface area contributed by atoms with E-state index in [1.807, 2.05) is 6.08 Å². The van der Waals surface area contributed by atoms with Gasteiger partial charge in [-0.2, -0.15) is 0 Å². The van der Waals surface area contributed by atoms with Gasteiger partial charge in [-0.1, -0.05) is 217 Å². The number of allylic oxidation sites excluding steroid dienone is 5. The summed E-state index contributed by atoms with van der Waals surface area (Å²) in [4.78, 5) is 24.4. The number of hydrogen-bond donors (Lipinski definition) is 3. The smallest absolute Gasteiger partial charge is 0.305 e. The molecule has 0 saturated carbocycles. The van der Waals surface area contributed by atoms with Crippen LogP contribution in [0.15, 0.2) is 36.5 Å². The maximum absolute atomic E-state index is 12.4. The molecule has 0 aromatic rings. The quantitative estimate of drug-likeness (QED) is 0.0324. The molecule has 0 saturated heterocycles. The molecule has 0 spiro atoms. The lowest BCUT2D eigenvalue weighted by Crippen LogP contribution is -2.45. The van der Waals surface area contributed by atoms with Crippen LogP contribution in [0.5, 0.6) is 0 Å². The second-order valence-electron chi connectivity index (χ2n) is 16.8. The highest BCUT2D eigenvalue weighted by Gasteiger charge is 2.18. The van der Waals surface area contributed by atoms with Gasteiger partial charge in [0.2, 0.25) is 5.91 Å². The zero-order valence-corrected chi connectivity index (χ0v) is 37.8. The average molecular weight is 802 g/mol. The third-order valence-electron chi connectivity index (χ3n) is 11.2. The first-order chi connectivity index (χ1) is 28.0. The van der Waals surface area contributed by atoms with Crippen LogP contribution in [0.1, 0.15) is 251 Å². The number of rotatable bonds is 45. The summed E-state index contributed by atoms with van der Waals surface area (Å²) in [5.74, 6) is -0.0998. The van der Waals surface area contributed by atoms with Crippen molar-refractivity contribution in [3.05, 3.63) is 36.5 Å². The van der Waals surface area contributed by atoms with Gasteiger partial charge in [0.1, 0.15) is 0 Å². The molecule has 0 fully saturated rings. The van der Waals surface area contributed by atoms with E-state index in [-0.39, 0.29) is 18.5 Å². The molecule has 0 bridgehead atoms. The first kappa shape index (κ1) is 55.1.